The summed E-state index contributed by atoms with van der Waals surface area (Å²) in [7, 11) is 0. The molecule has 0 radical (unpaired) electrons. The van der Waals surface area contributed by atoms with Gasteiger partial charge in [0.15, 0.2) is 0 Å². The number of halogens is 1. The first kappa shape index (κ1) is 16.5. The van der Waals surface area contributed by atoms with Gasteiger partial charge in [-0.05, 0) is 23.5 Å². The van der Waals surface area contributed by atoms with E-state index < -0.39 is 0 Å². The molecule has 0 aliphatic rings. The zero-order valence-electron chi connectivity index (χ0n) is 11.3. The first-order valence-electron chi connectivity index (χ1n) is 6.50. The first-order chi connectivity index (χ1) is 7.65. The third-order valence-electron chi connectivity index (χ3n) is 3.15. The van der Waals surface area contributed by atoms with E-state index in [-0.39, 0.29) is 18.4 Å². The molecular formula is C15H26ClN. The minimum absolute atomic E-state index is 0. The quantitative estimate of drug-likeness (QED) is 0.725. The van der Waals surface area contributed by atoms with Gasteiger partial charge in [-0.1, -0.05) is 64.3 Å². The van der Waals surface area contributed by atoms with Gasteiger partial charge < -0.3 is 5.73 Å². The van der Waals surface area contributed by atoms with Gasteiger partial charge in [0.2, 0.25) is 0 Å². The molecule has 0 saturated carbocycles. The number of nitrogens with two attached hydrogens (primary N) is 1. The molecule has 2 heteroatoms. The summed E-state index contributed by atoms with van der Waals surface area (Å²) in [6, 6.07) is 9.00. The Morgan fingerprint density at radius 3 is 2.00 bits per heavy atom. The van der Waals surface area contributed by atoms with E-state index in [1.165, 1.54) is 30.4 Å². The van der Waals surface area contributed by atoms with Crippen molar-refractivity contribution < 1.29 is 0 Å². The van der Waals surface area contributed by atoms with Crippen molar-refractivity contribution in [2.45, 2.75) is 58.4 Å². The van der Waals surface area contributed by atoms with Gasteiger partial charge in [-0.2, -0.15) is 0 Å². The zero-order chi connectivity index (χ0) is 12.0. The molecule has 0 saturated heterocycles. The van der Waals surface area contributed by atoms with E-state index in [2.05, 4.69) is 45.0 Å². The van der Waals surface area contributed by atoms with Crippen LogP contribution in [0.15, 0.2) is 24.3 Å². The highest BCUT2D eigenvalue weighted by Crippen LogP contribution is 2.20. The van der Waals surface area contributed by atoms with Crippen LogP contribution in [0.4, 0.5) is 0 Å². The molecule has 0 amide bonds. The highest BCUT2D eigenvalue weighted by atomic mass is 35.5. The minimum Gasteiger partial charge on any atom is -0.324 e. The zero-order valence-corrected chi connectivity index (χ0v) is 12.1. The molecule has 1 aromatic carbocycles. The van der Waals surface area contributed by atoms with Crippen LogP contribution in [0.5, 0.6) is 0 Å². The molecule has 0 spiro atoms. The van der Waals surface area contributed by atoms with Crippen molar-refractivity contribution in [2.24, 2.45) is 5.73 Å². The predicted molar refractivity (Wildman–Crippen MR) is 78.8 cm³/mol. The smallest absolute Gasteiger partial charge is 0.0294 e. The van der Waals surface area contributed by atoms with Crippen LogP contribution in [0.3, 0.4) is 0 Å². The molecule has 0 heterocycles. The van der Waals surface area contributed by atoms with E-state index in [0.29, 0.717) is 5.92 Å². The fraction of sp³-hybridized carbons (Fsp3) is 0.600. The molecule has 2 N–H and O–H groups in total. The standard InChI is InChI=1S/C15H25N.ClH/c1-4-5-6-7-15(16)14-10-8-13(9-11-14)12(2)3;/h8-12,15H,4-7,16H2,1-3H3;1H/t15-;/m1./s1. The second-order valence-corrected chi connectivity index (χ2v) is 4.92. The van der Waals surface area contributed by atoms with Gasteiger partial charge in [0.05, 0.1) is 0 Å². The van der Waals surface area contributed by atoms with Crippen molar-refractivity contribution in [3.05, 3.63) is 35.4 Å². The summed E-state index contributed by atoms with van der Waals surface area (Å²) in [5, 5.41) is 0. The van der Waals surface area contributed by atoms with E-state index in [1.807, 2.05) is 0 Å². The molecule has 1 atom stereocenters. The highest BCUT2D eigenvalue weighted by molar-refractivity contribution is 5.85. The fourth-order valence-electron chi connectivity index (χ4n) is 1.91. The average Bonchev–Trinajstić information content (AvgIpc) is 2.29. The lowest BCUT2D eigenvalue weighted by Gasteiger charge is -2.13. The van der Waals surface area contributed by atoms with Crippen LogP contribution < -0.4 is 5.73 Å². The molecular weight excluding hydrogens is 230 g/mol. The SMILES string of the molecule is CCCCC[C@@H](N)c1ccc(C(C)C)cc1.Cl. The van der Waals surface area contributed by atoms with Crippen LogP contribution in [0.1, 0.15) is 69.5 Å². The van der Waals surface area contributed by atoms with E-state index in [0.717, 1.165) is 6.42 Å². The molecule has 17 heavy (non-hydrogen) atoms. The summed E-state index contributed by atoms with van der Waals surface area (Å²) in [5.74, 6) is 0.602. The number of hydrogen-bond donors (Lipinski definition) is 1. The van der Waals surface area contributed by atoms with Gasteiger partial charge in [-0.25, -0.2) is 0 Å². The summed E-state index contributed by atoms with van der Waals surface area (Å²) in [5.41, 5.74) is 8.83. The Labute approximate surface area is 112 Å². The van der Waals surface area contributed by atoms with Gasteiger partial charge in [0, 0.05) is 6.04 Å². The summed E-state index contributed by atoms with van der Waals surface area (Å²) < 4.78 is 0. The van der Waals surface area contributed by atoms with Crippen molar-refractivity contribution in [2.75, 3.05) is 0 Å². The first-order valence-corrected chi connectivity index (χ1v) is 6.50. The van der Waals surface area contributed by atoms with Gasteiger partial charge in [-0.15, -0.1) is 12.4 Å². The van der Waals surface area contributed by atoms with Gasteiger partial charge in [0.1, 0.15) is 0 Å². The lowest BCUT2D eigenvalue weighted by molar-refractivity contribution is 0.581. The average molecular weight is 256 g/mol. The van der Waals surface area contributed by atoms with Crippen molar-refractivity contribution >= 4 is 12.4 Å². The van der Waals surface area contributed by atoms with Crippen LogP contribution >= 0.6 is 12.4 Å². The molecule has 1 aromatic rings. The normalized spacial score (nSPS) is 12.3. The fourth-order valence-corrected chi connectivity index (χ4v) is 1.91. The molecule has 0 bridgehead atoms. The number of hydrogen-bond acceptors (Lipinski definition) is 1. The number of benzene rings is 1. The van der Waals surface area contributed by atoms with Gasteiger partial charge >= 0.3 is 0 Å². The topological polar surface area (TPSA) is 26.0 Å². The lowest BCUT2D eigenvalue weighted by Crippen LogP contribution is -2.10. The van der Waals surface area contributed by atoms with Crippen LogP contribution in [0, 0.1) is 0 Å². The van der Waals surface area contributed by atoms with Crippen molar-refractivity contribution in [1.29, 1.82) is 0 Å². The summed E-state index contributed by atoms with van der Waals surface area (Å²) in [4.78, 5) is 0. The van der Waals surface area contributed by atoms with Crippen LogP contribution in [0.2, 0.25) is 0 Å². The molecule has 0 aliphatic carbocycles. The molecule has 0 fully saturated rings. The van der Waals surface area contributed by atoms with Crippen molar-refractivity contribution in [1.82, 2.24) is 0 Å². The summed E-state index contributed by atoms with van der Waals surface area (Å²) in [6.07, 6.45) is 4.90. The maximum absolute atomic E-state index is 6.16. The Morgan fingerprint density at radius 2 is 1.53 bits per heavy atom. The molecule has 0 aromatic heterocycles. The van der Waals surface area contributed by atoms with Crippen LogP contribution in [-0.2, 0) is 0 Å². The van der Waals surface area contributed by atoms with E-state index in [1.54, 1.807) is 0 Å². The summed E-state index contributed by atoms with van der Waals surface area (Å²) >= 11 is 0. The Morgan fingerprint density at radius 1 is 1.00 bits per heavy atom. The predicted octanol–water partition coefficient (Wildman–Crippen LogP) is 4.81. The van der Waals surface area contributed by atoms with Crippen LogP contribution in [-0.4, -0.2) is 0 Å². The van der Waals surface area contributed by atoms with Crippen molar-refractivity contribution in [3.8, 4) is 0 Å². The lowest BCUT2D eigenvalue weighted by atomic mass is 9.97. The second-order valence-electron chi connectivity index (χ2n) is 4.92. The molecule has 1 rings (SSSR count). The molecule has 1 nitrogen and oxygen atoms in total. The molecule has 0 aliphatic heterocycles. The number of rotatable bonds is 6. The maximum atomic E-state index is 6.16. The van der Waals surface area contributed by atoms with E-state index in [9.17, 15) is 0 Å². The third kappa shape index (κ3) is 5.56. The Bertz CT molecular complexity index is 292. The molecule has 0 unspecified atom stereocenters. The maximum Gasteiger partial charge on any atom is 0.0294 e. The van der Waals surface area contributed by atoms with Crippen molar-refractivity contribution in [3.63, 3.8) is 0 Å². The number of unbranched alkanes of at least 4 members (excludes halogenated alkanes) is 2. The Kier molecular flexibility index (Phi) is 8.28. The van der Waals surface area contributed by atoms with Crippen LogP contribution in [0.25, 0.3) is 0 Å². The summed E-state index contributed by atoms with van der Waals surface area (Å²) in [6.45, 7) is 6.66. The minimum atomic E-state index is 0. The monoisotopic (exact) mass is 255 g/mol. The largest absolute Gasteiger partial charge is 0.324 e. The van der Waals surface area contributed by atoms with Gasteiger partial charge in [0.25, 0.3) is 0 Å². The molecule has 98 valence electrons. The Balaban J connectivity index is 0.00000256. The highest BCUT2D eigenvalue weighted by Gasteiger charge is 2.06. The van der Waals surface area contributed by atoms with E-state index in [4.69, 9.17) is 5.73 Å². The third-order valence-corrected chi connectivity index (χ3v) is 3.15. The van der Waals surface area contributed by atoms with E-state index >= 15 is 0 Å². The van der Waals surface area contributed by atoms with Gasteiger partial charge in [-0.3, -0.25) is 0 Å². The Hall–Kier alpha value is -0.530. The second kappa shape index (κ2) is 8.54.